The molecular weight excluding hydrogens is 274 g/mol. The van der Waals surface area contributed by atoms with Gasteiger partial charge in [0, 0.05) is 0 Å². The molecular formula is C15H17NO5. The number of hydrogen-bond donors (Lipinski definition) is 3. The second kappa shape index (κ2) is 9.33. The number of benzene rings is 1. The predicted octanol–water partition coefficient (Wildman–Crippen LogP) is 1.77. The Morgan fingerprint density at radius 2 is 1.67 bits per heavy atom. The van der Waals surface area contributed by atoms with Crippen molar-refractivity contribution < 1.29 is 24.2 Å². The highest BCUT2D eigenvalue weighted by Crippen LogP contribution is 2.00. The molecule has 0 fully saturated rings. The first-order valence-corrected chi connectivity index (χ1v) is 6.33. The van der Waals surface area contributed by atoms with E-state index in [2.05, 4.69) is 29.6 Å². The second-order valence-corrected chi connectivity index (χ2v) is 4.10. The summed E-state index contributed by atoms with van der Waals surface area (Å²) in [7, 11) is 0. The predicted molar refractivity (Wildman–Crippen MR) is 75.8 cm³/mol. The standard InChI is InChI=1S/C13H15NO.C2H2O4/c1-2-5-12(6-3-1)8-9-14-11-13-7-4-10-15-13;3-1(4)2(5)6/h1-7,10,14H,8-9,11H2;(H,3,4)(H,5,6). The number of rotatable bonds is 5. The van der Waals surface area contributed by atoms with E-state index in [9.17, 15) is 0 Å². The number of carboxylic acid groups (broad SMARTS) is 2. The lowest BCUT2D eigenvalue weighted by Gasteiger charge is -2.02. The zero-order valence-electron chi connectivity index (χ0n) is 11.4. The molecule has 2 aromatic rings. The highest BCUT2D eigenvalue weighted by molar-refractivity contribution is 6.27. The number of aliphatic carboxylic acids is 2. The van der Waals surface area contributed by atoms with Gasteiger partial charge in [-0.15, -0.1) is 0 Å². The number of nitrogens with one attached hydrogen (secondary N) is 1. The average Bonchev–Trinajstić information content (AvgIpc) is 2.98. The third kappa shape index (κ3) is 7.54. The normalized spacial score (nSPS) is 9.52. The van der Waals surface area contributed by atoms with Crippen LogP contribution in [0.2, 0.25) is 0 Å². The first-order valence-electron chi connectivity index (χ1n) is 6.33. The smallest absolute Gasteiger partial charge is 0.414 e. The molecule has 0 atom stereocenters. The molecule has 0 aliphatic carbocycles. The fourth-order valence-corrected chi connectivity index (χ4v) is 1.50. The summed E-state index contributed by atoms with van der Waals surface area (Å²) in [6.45, 7) is 1.78. The van der Waals surface area contributed by atoms with E-state index in [0.717, 1.165) is 25.3 Å². The van der Waals surface area contributed by atoms with Crippen molar-refractivity contribution >= 4 is 11.9 Å². The van der Waals surface area contributed by atoms with Crippen LogP contribution in [-0.2, 0) is 22.6 Å². The third-order valence-corrected chi connectivity index (χ3v) is 2.50. The molecule has 0 saturated heterocycles. The lowest BCUT2D eigenvalue weighted by atomic mass is 10.1. The van der Waals surface area contributed by atoms with Crippen LogP contribution in [0, 0.1) is 0 Å². The monoisotopic (exact) mass is 291 g/mol. The van der Waals surface area contributed by atoms with Crippen LogP contribution < -0.4 is 5.32 Å². The molecule has 0 radical (unpaired) electrons. The molecule has 112 valence electrons. The number of furan rings is 1. The van der Waals surface area contributed by atoms with Gasteiger partial charge in [-0.05, 0) is 30.7 Å². The van der Waals surface area contributed by atoms with Crippen LogP contribution in [-0.4, -0.2) is 28.7 Å². The van der Waals surface area contributed by atoms with Gasteiger partial charge in [0.15, 0.2) is 0 Å². The third-order valence-electron chi connectivity index (χ3n) is 2.50. The maximum Gasteiger partial charge on any atom is 0.414 e. The highest BCUT2D eigenvalue weighted by Gasteiger charge is 2.04. The molecule has 1 aromatic carbocycles. The van der Waals surface area contributed by atoms with Crippen LogP contribution in [0.1, 0.15) is 11.3 Å². The van der Waals surface area contributed by atoms with Crippen molar-refractivity contribution in [3.05, 3.63) is 60.1 Å². The largest absolute Gasteiger partial charge is 0.473 e. The first kappa shape index (κ1) is 16.5. The van der Waals surface area contributed by atoms with Gasteiger partial charge in [-0.2, -0.15) is 0 Å². The van der Waals surface area contributed by atoms with E-state index in [4.69, 9.17) is 24.2 Å². The molecule has 0 amide bonds. The Balaban J connectivity index is 0.000000315. The van der Waals surface area contributed by atoms with Gasteiger partial charge in [0.05, 0.1) is 12.8 Å². The van der Waals surface area contributed by atoms with Crippen LogP contribution in [0.25, 0.3) is 0 Å². The fraction of sp³-hybridized carbons (Fsp3) is 0.200. The van der Waals surface area contributed by atoms with Gasteiger partial charge in [-0.25, -0.2) is 9.59 Å². The zero-order valence-corrected chi connectivity index (χ0v) is 11.4. The first-order chi connectivity index (χ1) is 10.1. The average molecular weight is 291 g/mol. The molecule has 0 bridgehead atoms. The molecule has 6 heteroatoms. The van der Waals surface area contributed by atoms with Gasteiger partial charge in [-0.3, -0.25) is 0 Å². The molecule has 0 unspecified atom stereocenters. The molecule has 2 rings (SSSR count). The van der Waals surface area contributed by atoms with Gasteiger partial charge in [0.25, 0.3) is 0 Å². The van der Waals surface area contributed by atoms with Crippen molar-refractivity contribution in [2.75, 3.05) is 6.54 Å². The Labute approximate surface area is 122 Å². The van der Waals surface area contributed by atoms with E-state index in [1.807, 2.05) is 18.2 Å². The zero-order chi connectivity index (χ0) is 15.5. The number of carbonyl (C=O) groups is 2. The molecule has 3 N–H and O–H groups in total. The Morgan fingerprint density at radius 3 is 2.19 bits per heavy atom. The van der Waals surface area contributed by atoms with Crippen LogP contribution in [0.3, 0.4) is 0 Å². The van der Waals surface area contributed by atoms with Crippen molar-refractivity contribution in [1.29, 1.82) is 0 Å². The molecule has 1 heterocycles. The van der Waals surface area contributed by atoms with E-state index in [0.29, 0.717) is 0 Å². The van der Waals surface area contributed by atoms with Crippen molar-refractivity contribution in [2.45, 2.75) is 13.0 Å². The number of hydrogen-bond acceptors (Lipinski definition) is 4. The van der Waals surface area contributed by atoms with Crippen molar-refractivity contribution in [1.82, 2.24) is 5.32 Å². The summed E-state index contributed by atoms with van der Waals surface area (Å²) in [6, 6.07) is 14.4. The van der Waals surface area contributed by atoms with Gasteiger partial charge in [0.2, 0.25) is 0 Å². The molecule has 21 heavy (non-hydrogen) atoms. The van der Waals surface area contributed by atoms with E-state index >= 15 is 0 Å². The lowest BCUT2D eigenvalue weighted by molar-refractivity contribution is -0.159. The van der Waals surface area contributed by atoms with Crippen LogP contribution in [0.15, 0.2) is 53.1 Å². The molecule has 0 aliphatic rings. The Kier molecular flexibility index (Phi) is 7.31. The second-order valence-electron chi connectivity index (χ2n) is 4.10. The van der Waals surface area contributed by atoms with Crippen molar-refractivity contribution in [3.63, 3.8) is 0 Å². The summed E-state index contributed by atoms with van der Waals surface area (Å²) in [4.78, 5) is 18.2. The van der Waals surface area contributed by atoms with Crippen LogP contribution >= 0.6 is 0 Å². The molecule has 0 aliphatic heterocycles. The maximum absolute atomic E-state index is 9.10. The van der Waals surface area contributed by atoms with Crippen LogP contribution in [0.4, 0.5) is 0 Å². The number of carboxylic acids is 2. The highest BCUT2D eigenvalue weighted by atomic mass is 16.4. The Morgan fingerprint density at radius 1 is 1.00 bits per heavy atom. The van der Waals surface area contributed by atoms with Gasteiger partial charge in [-0.1, -0.05) is 30.3 Å². The van der Waals surface area contributed by atoms with E-state index in [1.54, 1.807) is 6.26 Å². The summed E-state index contributed by atoms with van der Waals surface area (Å²) in [5.41, 5.74) is 1.37. The minimum Gasteiger partial charge on any atom is -0.473 e. The minimum absolute atomic E-state index is 0.805. The van der Waals surface area contributed by atoms with Crippen LogP contribution in [0.5, 0.6) is 0 Å². The fourth-order valence-electron chi connectivity index (χ4n) is 1.50. The summed E-state index contributed by atoms with van der Waals surface area (Å²) in [5.74, 6) is -2.66. The molecule has 0 spiro atoms. The van der Waals surface area contributed by atoms with E-state index in [-0.39, 0.29) is 0 Å². The summed E-state index contributed by atoms with van der Waals surface area (Å²) < 4.78 is 5.22. The van der Waals surface area contributed by atoms with Crippen molar-refractivity contribution in [3.8, 4) is 0 Å². The topological polar surface area (TPSA) is 99.8 Å². The summed E-state index contributed by atoms with van der Waals surface area (Å²) >= 11 is 0. The lowest BCUT2D eigenvalue weighted by Crippen LogP contribution is -2.16. The Hall–Kier alpha value is -2.60. The quantitative estimate of drug-likeness (QED) is 0.573. The van der Waals surface area contributed by atoms with E-state index in [1.165, 1.54) is 5.56 Å². The molecule has 6 nitrogen and oxygen atoms in total. The SMILES string of the molecule is O=C(O)C(=O)O.c1ccc(CCNCc2ccco2)cc1. The van der Waals surface area contributed by atoms with Crippen molar-refractivity contribution in [2.24, 2.45) is 0 Å². The Bertz CT molecular complexity index is 524. The maximum atomic E-state index is 9.10. The van der Waals surface area contributed by atoms with Gasteiger partial charge >= 0.3 is 11.9 Å². The van der Waals surface area contributed by atoms with E-state index < -0.39 is 11.9 Å². The molecule has 1 aromatic heterocycles. The van der Waals surface area contributed by atoms with Gasteiger partial charge < -0.3 is 19.9 Å². The minimum atomic E-state index is -1.82. The summed E-state index contributed by atoms with van der Waals surface area (Å²) in [5, 5.41) is 18.1. The molecule has 0 saturated carbocycles. The summed E-state index contributed by atoms with van der Waals surface area (Å²) in [6.07, 6.45) is 2.76. The van der Waals surface area contributed by atoms with Gasteiger partial charge in [0.1, 0.15) is 5.76 Å².